The van der Waals surface area contributed by atoms with Crippen molar-refractivity contribution >= 4 is 17.3 Å². The van der Waals surface area contributed by atoms with Gasteiger partial charge in [-0.2, -0.15) is 0 Å². The predicted molar refractivity (Wildman–Crippen MR) is 72.9 cm³/mol. The number of aryl methyl sites for hydroxylation is 1. The standard InChI is InChI=1S/C14H12ClNO2/c1-2-10-8-9-12(11-6-4-3-5-7-11)13(15)14(10)16(17)18/h3-9H,2H2,1H3. The van der Waals surface area contributed by atoms with Crippen molar-refractivity contribution in [1.29, 1.82) is 0 Å². The lowest BCUT2D eigenvalue weighted by Crippen LogP contribution is -1.97. The van der Waals surface area contributed by atoms with Crippen molar-refractivity contribution in [3.05, 3.63) is 63.2 Å². The molecule has 0 fully saturated rings. The van der Waals surface area contributed by atoms with Gasteiger partial charge in [0.15, 0.2) is 0 Å². The summed E-state index contributed by atoms with van der Waals surface area (Å²) in [6.45, 7) is 1.88. The first-order valence-corrected chi connectivity index (χ1v) is 6.04. The van der Waals surface area contributed by atoms with E-state index in [4.69, 9.17) is 11.6 Å². The Morgan fingerprint density at radius 2 is 1.83 bits per heavy atom. The SMILES string of the molecule is CCc1ccc(-c2ccccc2)c(Cl)c1[N+](=O)[O-]. The van der Waals surface area contributed by atoms with E-state index in [2.05, 4.69) is 0 Å². The van der Waals surface area contributed by atoms with Gasteiger partial charge in [0, 0.05) is 11.1 Å². The van der Waals surface area contributed by atoms with Crippen LogP contribution in [-0.4, -0.2) is 4.92 Å². The number of hydrogen-bond donors (Lipinski definition) is 0. The van der Waals surface area contributed by atoms with Gasteiger partial charge in [0.05, 0.1) is 4.92 Å². The van der Waals surface area contributed by atoms with Crippen LogP contribution in [0.5, 0.6) is 0 Å². The summed E-state index contributed by atoms with van der Waals surface area (Å²) in [5, 5.41) is 11.3. The molecule has 0 saturated heterocycles. The molecule has 3 nitrogen and oxygen atoms in total. The van der Waals surface area contributed by atoms with E-state index in [0.717, 1.165) is 5.56 Å². The number of nitro benzene ring substituents is 1. The molecule has 0 spiro atoms. The highest BCUT2D eigenvalue weighted by Gasteiger charge is 2.21. The molecule has 0 N–H and O–H groups in total. The molecule has 0 amide bonds. The third-order valence-corrected chi connectivity index (χ3v) is 3.23. The maximum atomic E-state index is 11.1. The summed E-state index contributed by atoms with van der Waals surface area (Å²) in [5.41, 5.74) is 2.25. The van der Waals surface area contributed by atoms with Crippen molar-refractivity contribution in [1.82, 2.24) is 0 Å². The van der Waals surface area contributed by atoms with Gasteiger partial charge in [-0.3, -0.25) is 10.1 Å². The van der Waals surface area contributed by atoms with Crippen molar-refractivity contribution in [3.8, 4) is 11.1 Å². The molecular weight excluding hydrogens is 250 g/mol. The molecule has 0 saturated carbocycles. The third-order valence-electron chi connectivity index (χ3n) is 2.85. The van der Waals surface area contributed by atoms with Crippen LogP contribution in [0.25, 0.3) is 11.1 Å². The molecule has 92 valence electrons. The first-order chi connectivity index (χ1) is 8.65. The van der Waals surface area contributed by atoms with Crippen LogP contribution in [0, 0.1) is 10.1 Å². The fourth-order valence-electron chi connectivity index (χ4n) is 1.93. The Hall–Kier alpha value is -1.87. The maximum Gasteiger partial charge on any atom is 0.291 e. The van der Waals surface area contributed by atoms with Gasteiger partial charge in [0.1, 0.15) is 5.02 Å². The molecule has 18 heavy (non-hydrogen) atoms. The van der Waals surface area contributed by atoms with E-state index in [9.17, 15) is 10.1 Å². The molecule has 2 rings (SSSR count). The van der Waals surface area contributed by atoms with E-state index in [1.807, 2.05) is 43.3 Å². The minimum atomic E-state index is -0.409. The average Bonchev–Trinajstić information content (AvgIpc) is 2.38. The monoisotopic (exact) mass is 261 g/mol. The highest BCUT2D eigenvalue weighted by atomic mass is 35.5. The molecule has 0 aromatic heterocycles. The maximum absolute atomic E-state index is 11.1. The van der Waals surface area contributed by atoms with Crippen LogP contribution in [-0.2, 0) is 6.42 Å². The Labute approximate surface area is 110 Å². The van der Waals surface area contributed by atoms with Crippen molar-refractivity contribution in [2.45, 2.75) is 13.3 Å². The van der Waals surface area contributed by atoms with Gasteiger partial charge < -0.3 is 0 Å². The lowest BCUT2D eigenvalue weighted by atomic mass is 10.0. The summed E-state index contributed by atoms with van der Waals surface area (Å²) < 4.78 is 0. The minimum Gasteiger partial charge on any atom is -0.258 e. The molecular formula is C14H12ClNO2. The lowest BCUT2D eigenvalue weighted by Gasteiger charge is -2.08. The summed E-state index contributed by atoms with van der Waals surface area (Å²) in [6, 6.07) is 13.0. The molecule has 0 bridgehead atoms. The average molecular weight is 262 g/mol. The molecule has 0 unspecified atom stereocenters. The van der Waals surface area contributed by atoms with Gasteiger partial charge in [-0.15, -0.1) is 0 Å². The molecule has 0 radical (unpaired) electrons. The Balaban J connectivity index is 2.65. The van der Waals surface area contributed by atoms with Crippen LogP contribution in [0.2, 0.25) is 5.02 Å². The summed E-state index contributed by atoms with van der Waals surface area (Å²) in [6.07, 6.45) is 0.588. The van der Waals surface area contributed by atoms with Crippen molar-refractivity contribution in [2.75, 3.05) is 0 Å². The van der Waals surface area contributed by atoms with E-state index in [0.29, 0.717) is 17.5 Å². The molecule has 0 atom stereocenters. The van der Waals surface area contributed by atoms with Crippen LogP contribution < -0.4 is 0 Å². The Morgan fingerprint density at radius 1 is 1.17 bits per heavy atom. The van der Waals surface area contributed by atoms with Gasteiger partial charge in [-0.1, -0.05) is 61.0 Å². The summed E-state index contributed by atoms with van der Waals surface area (Å²) in [7, 11) is 0. The second-order valence-corrected chi connectivity index (χ2v) is 4.29. The minimum absolute atomic E-state index is 0.0144. The van der Waals surface area contributed by atoms with Gasteiger partial charge in [0.25, 0.3) is 5.69 Å². The number of rotatable bonds is 3. The predicted octanol–water partition coefficient (Wildman–Crippen LogP) is 4.48. The second kappa shape index (κ2) is 5.19. The van der Waals surface area contributed by atoms with E-state index in [-0.39, 0.29) is 10.7 Å². The van der Waals surface area contributed by atoms with E-state index >= 15 is 0 Å². The first kappa shape index (κ1) is 12.6. The number of nitrogens with zero attached hydrogens (tertiary/aromatic N) is 1. The van der Waals surface area contributed by atoms with Crippen molar-refractivity contribution in [2.24, 2.45) is 0 Å². The first-order valence-electron chi connectivity index (χ1n) is 5.66. The third kappa shape index (κ3) is 2.22. The van der Waals surface area contributed by atoms with Crippen LogP contribution in [0.4, 0.5) is 5.69 Å². The van der Waals surface area contributed by atoms with Crippen LogP contribution in [0.15, 0.2) is 42.5 Å². The summed E-state index contributed by atoms with van der Waals surface area (Å²) in [5.74, 6) is 0. The number of hydrogen-bond acceptors (Lipinski definition) is 2. The number of nitro groups is 1. The Bertz CT molecular complexity index is 582. The van der Waals surface area contributed by atoms with Gasteiger partial charge in [-0.25, -0.2) is 0 Å². The molecule has 0 aliphatic carbocycles. The van der Waals surface area contributed by atoms with Crippen molar-refractivity contribution < 1.29 is 4.92 Å². The van der Waals surface area contributed by atoms with Gasteiger partial charge in [0.2, 0.25) is 0 Å². The highest BCUT2D eigenvalue weighted by Crippen LogP contribution is 2.37. The van der Waals surface area contributed by atoms with Crippen LogP contribution >= 0.6 is 11.6 Å². The molecule has 0 heterocycles. The van der Waals surface area contributed by atoms with E-state index < -0.39 is 4.92 Å². The Morgan fingerprint density at radius 3 is 2.39 bits per heavy atom. The van der Waals surface area contributed by atoms with Crippen molar-refractivity contribution in [3.63, 3.8) is 0 Å². The molecule has 0 aliphatic rings. The molecule has 2 aromatic rings. The lowest BCUT2D eigenvalue weighted by molar-refractivity contribution is -0.385. The fourth-order valence-corrected chi connectivity index (χ4v) is 2.29. The largest absolute Gasteiger partial charge is 0.291 e. The van der Waals surface area contributed by atoms with Gasteiger partial charge >= 0.3 is 0 Å². The number of halogens is 1. The molecule has 4 heteroatoms. The normalized spacial score (nSPS) is 10.3. The van der Waals surface area contributed by atoms with E-state index in [1.165, 1.54) is 0 Å². The smallest absolute Gasteiger partial charge is 0.258 e. The summed E-state index contributed by atoms with van der Waals surface area (Å²) in [4.78, 5) is 10.7. The second-order valence-electron chi connectivity index (χ2n) is 3.91. The van der Waals surface area contributed by atoms with E-state index in [1.54, 1.807) is 6.07 Å². The zero-order chi connectivity index (χ0) is 13.1. The highest BCUT2D eigenvalue weighted by molar-refractivity contribution is 6.35. The Kier molecular flexibility index (Phi) is 3.63. The molecule has 0 aliphatic heterocycles. The van der Waals surface area contributed by atoms with Crippen LogP contribution in [0.3, 0.4) is 0 Å². The number of benzene rings is 2. The zero-order valence-corrected chi connectivity index (χ0v) is 10.6. The topological polar surface area (TPSA) is 43.1 Å². The quantitative estimate of drug-likeness (QED) is 0.604. The molecule has 2 aromatic carbocycles. The summed E-state index contributed by atoms with van der Waals surface area (Å²) >= 11 is 6.18. The van der Waals surface area contributed by atoms with Gasteiger partial charge in [-0.05, 0) is 12.0 Å². The zero-order valence-electron chi connectivity index (χ0n) is 9.89. The van der Waals surface area contributed by atoms with Crippen LogP contribution in [0.1, 0.15) is 12.5 Å². The fraction of sp³-hybridized carbons (Fsp3) is 0.143.